The van der Waals surface area contributed by atoms with Gasteiger partial charge < -0.3 is 19.7 Å². The van der Waals surface area contributed by atoms with E-state index in [1.165, 1.54) is 12.8 Å². The van der Waals surface area contributed by atoms with Crippen LogP contribution in [0.5, 0.6) is 0 Å². The third kappa shape index (κ3) is 2.80. The van der Waals surface area contributed by atoms with E-state index in [0.29, 0.717) is 29.3 Å². The lowest BCUT2D eigenvalue weighted by molar-refractivity contribution is 0.0696. The second kappa shape index (κ2) is 5.87. The Morgan fingerprint density at radius 2 is 2.29 bits per heavy atom. The Morgan fingerprint density at radius 1 is 1.48 bits per heavy atom. The first-order valence-corrected chi connectivity index (χ1v) is 7.31. The molecule has 0 saturated carbocycles. The first-order chi connectivity index (χ1) is 10.2. The summed E-state index contributed by atoms with van der Waals surface area (Å²) in [5.41, 5.74) is 0.905. The van der Waals surface area contributed by atoms with E-state index >= 15 is 0 Å². The lowest BCUT2D eigenvalue weighted by Crippen LogP contribution is -2.35. The van der Waals surface area contributed by atoms with Gasteiger partial charge in [-0.15, -0.1) is 0 Å². The van der Waals surface area contributed by atoms with E-state index in [2.05, 4.69) is 17.3 Å². The van der Waals surface area contributed by atoms with E-state index in [-0.39, 0.29) is 5.56 Å². The van der Waals surface area contributed by atoms with Gasteiger partial charge in [0, 0.05) is 18.0 Å². The predicted molar refractivity (Wildman–Crippen MR) is 80.5 cm³/mol. The molecule has 0 bridgehead atoms. The molecule has 1 aromatic carbocycles. The average molecular weight is 288 g/mol. The van der Waals surface area contributed by atoms with Crippen molar-refractivity contribution in [3.8, 4) is 0 Å². The number of aromatic carboxylic acids is 1. The summed E-state index contributed by atoms with van der Waals surface area (Å²) in [6, 6.07) is 7.80. The highest BCUT2D eigenvalue weighted by Crippen LogP contribution is 2.26. The summed E-state index contributed by atoms with van der Waals surface area (Å²) in [6.45, 7) is 2.44. The largest absolute Gasteiger partial charge is 0.478 e. The smallest absolute Gasteiger partial charge is 0.339 e. The van der Waals surface area contributed by atoms with Crippen molar-refractivity contribution in [2.24, 2.45) is 0 Å². The fourth-order valence-electron chi connectivity index (χ4n) is 3.04. The molecule has 3 rings (SSSR count). The number of nitrogens with zero attached hydrogens (tertiary/aromatic N) is 1. The van der Waals surface area contributed by atoms with E-state index in [1.54, 1.807) is 12.1 Å². The molecule has 1 fully saturated rings. The van der Waals surface area contributed by atoms with Crippen LogP contribution in [0.4, 0.5) is 0 Å². The topological polar surface area (TPSA) is 65.7 Å². The van der Waals surface area contributed by atoms with Crippen molar-refractivity contribution < 1.29 is 14.3 Å². The molecule has 1 aliphatic rings. The quantitative estimate of drug-likeness (QED) is 0.884. The molecule has 1 aliphatic heterocycles. The number of carboxylic acids is 1. The summed E-state index contributed by atoms with van der Waals surface area (Å²) in [7, 11) is 2.13. The van der Waals surface area contributed by atoms with Crippen LogP contribution in [-0.2, 0) is 6.54 Å². The molecule has 0 amide bonds. The Kier molecular flexibility index (Phi) is 3.94. The number of rotatable bonds is 5. The second-order valence-electron chi connectivity index (χ2n) is 5.61. The van der Waals surface area contributed by atoms with Crippen LogP contribution < -0.4 is 5.32 Å². The van der Waals surface area contributed by atoms with Gasteiger partial charge in [-0.05, 0) is 32.5 Å². The van der Waals surface area contributed by atoms with Crippen LogP contribution >= 0.6 is 0 Å². The number of hydrogen-bond acceptors (Lipinski definition) is 4. The highest BCUT2D eigenvalue weighted by molar-refractivity contribution is 6.03. The lowest BCUT2D eigenvalue weighted by atomic mass is 10.1. The average Bonchev–Trinajstić information content (AvgIpc) is 3.02. The van der Waals surface area contributed by atoms with Gasteiger partial charge in [0.15, 0.2) is 0 Å². The first kappa shape index (κ1) is 14.1. The zero-order valence-electron chi connectivity index (χ0n) is 12.1. The van der Waals surface area contributed by atoms with Gasteiger partial charge in [-0.3, -0.25) is 0 Å². The Balaban J connectivity index is 1.74. The van der Waals surface area contributed by atoms with Crippen LogP contribution in [0.25, 0.3) is 11.0 Å². The predicted octanol–water partition coefficient (Wildman–Crippen LogP) is 2.31. The number of para-hydroxylation sites is 1. The molecule has 0 aliphatic carbocycles. The summed E-state index contributed by atoms with van der Waals surface area (Å²) in [5, 5.41) is 13.4. The molecule has 5 heteroatoms. The zero-order valence-corrected chi connectivity index (χ0v) is 12.1. The Bertz CT molecular complexity index is 650. The van der Waals surface area contributed by atoms with Gasteiger partial charge >= 0.3 is 5.97 Å². The maximum atomic E-state index is 11.5. The Hall–Kier alpha value is -1.85. The van der Waals surface area contributed by atoms with Gasteiger partial charge in [-0.25, -0.2) is 4.79 Å². The van der Waals surface area contributed by atoms with Crippen molar-refractivity contribution in [2.75, 3.05) is 20.1 Å². The second-order valence-corrected chi connectivity index (χ2v) is 5.61. The molecule has 2 aromatic rings. The zero-order chi connectivity index (χ0) is 14.8. The standard InChI is InChI=1S/C16H20N2O3/c1-18-8-4-5-11(18)9-17-10-14-15(16(19)20)12-6-2-3-7-13(12)21-14/h2-3,6-7,11,17H,4-5,8-10H2,1H3,(H,19,20). The summed E-state index contributed by atoms with van der Waals surface area (Å²) in [4.78, 5) is 13.8. The fraction of sp³-hybridized carbons (Fsp3) is 0.438. The number of likely N-dealkylation sites (N-methyl/N-ethyl adjacent to an activating group) is 1. The maximum Gasteiger partial charge on any atom is 0.339 e. The monoisotopic (exact) mass is 288 g/mol. The van der Waals surface area contributed by atoms with Crippen molar-refractivity contribution in [2.45, 2.75) is 25.4 Å². The molecule has 5 nitrogen and oxygen atoms in total. The van der Waals surface area contributed by atoms with Gasteiger partial charge in [0.05, 0.1) is 6.54 Å². The third-order valence-electron chi connectivity index (χ3n) is 4.22. The van der Waals surface area contributed by atoms with E-state index in [4.69, 9.17) is 4.42 Å². The molecule has 112 valence electrons. The minimum absolute atomic E-state index is 0.276. The maximum absolute atomic E-state index is 11.5. The summed E-state index contributed by atoms with van der Waals surface area (Å²) in [5.74, 6) is -0.431. The van der Waals surface area contributed by atoms with Crippen LogP contribution in [0.2, 0.25) is 0 Å². The molecule has 2 heterocycles. The molecule has 21 heavy (non-hydrogen) atoms. The van der Waals surface area contributed by atoms with E-state index in [1.807, 2.05) is 12.1 Å². The summed E-state index contributed by atoms with van der Waals surface area (Å²) >= 11 is 0. The Morgan fingerprint density at radius 3 is 3.00 bits per heavy atom. The van der Waals surface area contributed by atoms with Crippen molar-refractivity contribution in [3.63, 3.8) is 0 Å². The van der Waals surface area contributed by atoms with Gasteiger partial charge in [0.25, 0.3) is 0 Å². The van der Waals surface area contributed by atoms with Crippen LogP contribution in [0, 0.1) is 0 Å². The number of fused-ring (bicyclic) bond motifs is 1. The van der Waals surface area contributed by atoms with E-state index < -0.39 is 5.97 Å². The molecule has 0 radical (unpaired) electrons. The number of furan rings is 1. The number of carbonyl (C=O) groups is 1. The molecular formula is C16H20N2O3. The SMILES string of the molecule is CN1CCCC1CNCc1oc2ccccc2c1C(=O)O. The number of nitrogens with one attached hydrogen (secondary N) is 1. The molecule has 1 unspecified atom stereocenters. The normalized spacial score (nSPS) is 19.4. The number of benzene rings is 1. The van der Waals surface area contributed by atoms with Crippen LogP contribution in [0.3, 0.4) is 0 Å². The summed E-state index contributed by atoms with van der Waals surface area (Å²) < 4.78 is 5.70. The molecular weight excluding hydrogens is 268 g/mol. The van der Waals surface area contributed by atoms with Crippen molar-refractivity contribution in [3.05, 3.63) is 35.6 Å². The molecule has 1 atom stereocenters. The number of carboxylic acid groups (broad SMARTS) is 1. The highest BCUT2D eigenvalue weighted by Gasteiger charge is 2.22. The molecule has 1 saturated heterocycles. The van der Waals surface area contributed by atoms with Gasteiger partial charge in [-0.1, -0.05) is 18.2 Å². The van der Waals surface area contributed by atoms with Crippen LogP contribution in [0.15, 0.2) is 28.7 Å². The lowest BCUT2D eigenvalue weighted by Gasteiger charge is -2.19. The Labute approximate surface area is 123 Å². The molecule has 2 N–H and O–H groups in total. The molecule has 0 spiro atoms. The van der Waals surface area contributed by atoms with Crippen molar-refractivity contribution in [1.29, 1.82) is 0 Å². The molecule has 1 aromatic heterocycles. The van der Waals surface area contributed by atoms with Gasteiger partial charge in [0.2, 0.25) is 0 Å². The van der Waals surface area contributed by atoms with Crippen molar-refractivity contribution >= 4 is 16.9 Å². The van der Waals surface area contributed by atoms with Crippen LogP contribution in [-0.4, -0.2) is 42.2 Å². The minimum Gasteiger partial charge on any atom is -0.478 e. The summed E-state index contributed by atoms with van der Waals surface area (Å²) in [6.07, 6.45) is 2.42. The van der Waals surface area contributed by atoms with Crippen molar-refractivity contribution in [1.82, 2.24) is 10.2 Å². The number of hydrogen-bond donors (Lipinski definition) is 2. The fourth-order valence-corrected chi connectivity index (χ4v) is 3.04. The number of likely N-dealkylation sites (tertiary alicyclic amines) is 1. The highest BCUT2D eigenvalue weighted by atomic mass is 16.4. The first-order valence-electron chi connectivity index (χ1n) is 7.31. The van der Waals surface area contributed by atoms with E-state index in [9.17, 15) is 9.90 Å². The minimum atomic E-state index is -0.935. The van der Waals surface area contributed by atoms with Gasteiger partial charge in [0.1, 0.15) is 16.9 Å². The van der Waals surface area contributed by atoms with Gasteiger partial charge in [-0.2, -0.15) is 0 Å². The van der Waals surface area contributed by atoms with E-state index in [0.717, 1.165) is 13.1 Å². The van der Waals surface area contributed by atoms with Crippen LogP contribution in [0.1, 0.15) is 29.0 Å². The third-order valence-corrected chi connectivity index (χ3v) is 4.22.